The van der Waals surface area contributed by atoms with Crippen LogP contribution in [-0.4, -0.2) is 11.5 Å². The van der Waals surface area contributed by atoms with Crippen molar-refractivity contribution in [2.24, 2.45) is 0 Å². The minimum absolute atomic E-state index is 0.254. The molecule has 3 rings (SSSR count). The summed E-state index contributed by atoms with van der Waals surface area (Å²) in [6.07, 6.45) is 3.40. The van der Waals surface area contributed by atoms with Gasteiger partial charge in [-0.05, 0) is 48.4 Å². The molecule has 2 aliphatic rings. The van der Waals surface area contributed by atoms with Crippen molar-refractivity contribution in [1.29, 1.82) is 0 Å². The third kappa shape index (κ3) is 1.59. The molecule has 1 N–H and O–H groups in total. The quantitative estimate of drug-likeness (QED) is 0.611. The lowest BCUT2D eigenvalue weighted by molar-refractivity contribution is -0.385. The average Bonchev–Trinajstić information content (AvgIpc) is 3.11. The minimum Gasteiger partial charge on any atom is -0.312 e. The molecule has 1 heterocycles. The van der Waals surface area contributed by atoms with Gasteiger partial charge in [-0.3, -0.25) is 10.1 Å². The standard InChI is InChI=1S/C12H14N2O2/c15-14(16)10-5-9-7-13-4-3-11(9)12(6-10)8-1-2-8/h5-6,8,13H,1-4,7H2. The number of nitrogens with one attached hydrogen (secondary N) is 1. The summed E-state index contributed by atoms with van der Waals surface area (Å²) in [5, 5.41) is 14.1. The first-order valence-electron chi connectivity index (χ1n) is 5.76. The molecule has 1 aromatic rings. The predicted molar refractivity (Wildman–Crippen MR) is 60.5 cm³/mol. The van der Waals surface area contributed by atoms with Gasteiger partial charge in [0.2, 0.25) is 0 Å². The Balaban J connectivity index is 2.12. The first kappa shape index (κ1) is 9.78. The van der Waals surface area contributed by atoms with Crippen molar-refractivity contribution in [2.45, 2.75) is 31.7 Å². The zero-order valence-electron chi connectivity index (χ0n) is 9.03. The van der Waals surface area contributed by atoms with Crippen LogP contribution >= 0.6 is 0 Å². The van der Waals surface area contributed by atoms with Gasteiger partial charge in [-0.25, -0.2) is 0 Å². The van der Waals surface area contributed by atoms with Gasteiger partial charge in [-0.1, -0.05) is 0 Å². The molecule has 1 aromatic carbocycles. The van der Waals surface area contributed by atoms with E-state index in [1.165, 1.54) is 24.0 Å². The van der Waals surface area contributed by atoms with E-state index in [1.807, 2.05) is 0 Å². The fourth-order valence-corrected chi connectivity index (χ4v) is 2.50. The van der Waals surface area contributed by atoms with E-state index >= 15 is 0 Å². The van der Waals surface area contributed by atoms with Crippen LogP contribution in [0, 0.1) is 10.1 Å². The summed E-state index contributed by atoms with van der Waals surface area (Å²) >= 11 is 0. The molecule has 1 aliphatic heterocycles. The number of nitrogens with zero attached hydrogens (tertiary/aromatic N) is 1. The molecule has 1 saturated carbocycles. The van der Waals surface area contributed by atoms with Gasteiger partial charge in [0, 0.05) is 18.7 Å². The molecule has 0 radical (unpaired) electrons. The van der Waals surface area contributed by atoms with E-state index in [0.29, 0.717) is 5.92 Å². The average molecular weight is 218 g/mol. The van der Waals surface area contributed by atoms with E-state index in [9.17, 15) is 10.1 Å². The maximum atomic E-state index is 10.9. The first-order valence-corrected chi connectivity index (χ1v) is 5.76. The third-order valence-electron chi connectivity index (χ3n) is 3.46. The maximum absolute atomic E-state index is 10.9. The van der Waals surface area contributed by atoms with Crippen LogP contribution < -0.4 is 5.32 Å². The Bertz CT molecular complexity index is 453. The van der Waals surface area contributed by atoms with E-state index in [1.54, 1.807) is 12.1 Å². The largest absolute Gasteiger partial charge is 0.312 e. The van der Waals surface area contributed by atoms with Crippen molar-refractivity contribution in [3.8, 4) is 0 Å². The highest BCUT2D eigenvalue weighted by atomic mass is 16.6. The monoisotopic (exact) mass is 218 g/mol. The van der Waals surface area contributed by atoms with Crippen LogP contribution in [0.3, 0.4) is 0 Å². The molecule has 84 valence electrons. The van der Waals surface area contributed by atoms with Crippen LogP contribution in [0.15, 0.2) is 12.1 Å². The van der Waals surface area contributed by atoms with Crippen LogP contribution in [-0.2, 0) is 13.0 Å². The van der Waals surface area contributed by atoms with Gasteiger partial charge in [0.1, 0.15) is 0 Å². The normalized spacial score (nSPS) is 19.2. The number of benzene rings is 1. The molecule has 0 bridgehead atoms. The highest BCUT2D eigenvalue weighted by Gasteiger charge is 2.30. The molecule has 0 atom stereocenters. The highest BCUT2D eigenvalue weighted by Crippen LogP contribution is 2.44. The fraction of sp³-hybridized carbons (Fsp3) is 0.500. The Morgan fingerprint density at radius 1 is 1.38 bits per heavy atom. The summed E-state index contributed by atoms with van der Waals surface area (Å²) in [6.45, 7) is 1.77. The van der Waals surface area contributed by atoms with Gasteiger partial charge >= 0.3 is 0 Å². The lowest BCUT2D eigenvalue weighted by atomic mass is 9.92. The van der Waals surface area contributed by atoms with Crippen LogP contribution in [0.2, 0.25) is 0 Å². The van der Waals surface area contributed by atoms with Crippen molar-refractivity contribution in [3.05, 3.63) is 38.9 Å². The van der Waals surface area contributed by atoms with E-state index in [2.05, 4.69) is 5.32 Å². The number of non-ortho nitro benzene ring substituents is 1. The number of nitro benzene ring substituents is 1. The molecule has 0 amide bonds. The van der Waals surface area contributed by atoms with E-state index < -0.39 is 0 Å². The molecule has 16 heavy (non-hydrogen) atoms. The fourth-order valence-electron chi connectivity index (χ4n) is 2.50. The lowest BCUT2D eigenvalue weighted by Crippen LogP contribution is -2.24. The molecule has 0 spiro atoms. The maximum Gasteiger partial charge on any atom is 0.270 e. The molecule has 4 heteroatoms. The summed E-state index contributed by atoms with van der Waals surface area (Å²) in [4.78, 5) is 10.6. The van der Waals surface area contributed by atoms with Crippen LogP contribution in [0.1, 0.15) is 35.4 Å². The Morgan fingerprint density at radius 3 is 2.88 bits per heavy atom. The summed E-state index contributed by atoms with van der Waals surface area (Å²) in [5.74, 6) is 0.590. The number of nitro groups is 1. The highest BCUT2D eigenvalue weighted by molar-refractivity contribution is 5.49. The van der Waals surface area contributed by atoms with Crippen molar-refractivity contribution in [2.75, 3.05) is 6.54 Å². The number of fused-ring (bicyclic) bond motifs is 1. The first-order chi connectivity index (χ1) is 7.75. The van der Waals surface area contributed by atoms with Crippen LogP contribution in [0.4, 0.5) is 5.69 Å². The summed E-state index contributed by atoms with van der Waals surface area (Å²) in [5.41, 5.74) is 3.99. The zero-order chi connectivity index (χ0) is 11.1. The van der Waals surface area contributed by atoms with Crippen molar-refractivity contribution < 1.29 is 4.92 Å². The smallest absolute Gasteiger partial charge is 0.270 e. The molecule has 0 unspecified atom stereocenters. The van der Waals surface area contributed by atoms with Gasteiger partial charge in [0.25, 0.3) is 5.69 Å². The molecule has 1 fully saturated rings. The van der Waals surface area contributed by atoms with Crippen molar-refractivity contribution in [1.82, 2.24) is 5.32 Å². The van der Waals surface area contributed by atoms with Gasteiger partial charge in [-0.15, -0.1) is 0 Å². The predicted octanol–water partition coefficient (Wildman–Crippen LogP) is 2.12. The zero-order valence-corrected chi connectivity index (χ0v) is 9.03. The molecule has 0 aromatic heterocycles. The SMILES string of the molecule is O=[N+]([O-])c1cc2c(c(C3CC3)c1)CCNC2. The number of rotatable bonds is 2. The van der Waals surface area contributed by atoms with Gasteiger partial charge in [0.15, 0.2) is 0 Å². The lowest BCUT2D eigenvalue weighted by Gasteiger charge is -2.20. The van der Waals surface area contributed by atoms with E-state index in [-0.39, 0.29) is 10.6 Å². The summed E-state index contributed by atoms with van der Waals surface area (Å²) in [7, 11) is 0. The second-order valence-electron chi connectivity index (χ2n) is 4.63. The number of hydrogen-bond acceptors (Lipinski definition) is 3. The molecule has 4 nitrogen and oxygen atoms in total. The van der Waals surface area contributed by atoms with Gasteiger partial charge < -0.3 is 5.32 Å². The van der Waals surface area contributed by atoms with E-state index in [0.717, 1.165) is 25.1 Å². The third-order valence-corrected chi connectivity index (χ3v) is 3.46. The van der Waals surface area contributed by atoms with Gasteiger partial charge in [0.05, 0.1) is 4.92 Å². The topological polar surface area (TPSA) is 55.2 Å². The Labute approximate surface area is 93.8 Å². The molecule has 1 aliphatic carbocycles. The minimum atomic E-state index is -0.277. The number of hydrogen-bond donors (Lipinski definition) is 1. The van der Waals surface area contributed by atoms with Crippen molar-refractivity contribution >= 4 is 5.69 Å². The Kier molecular flexibility index (Phi) is 2.17. The van der Waals surface area contributed by atoms with Crippen molar-refractivity contribution in [3.63, 3.8) is 0 Å². The van der Waals surface area contributed by atoms with Crippen LogP contribution in [0.5, 0.6) is 0 Å². The summed E-state index contributed by atoms with van der Waals surface area (Å²) < 4.78 is 0. The molecular formula is C12H14N2O2. The van der Waals surface area contributed by atoms with E-state index in [4.69, 9.17) is 0 Å². The van der Waals surface area contributed by atoms with Gasteiger partial charge in [-0.2, -0.15) is 0 Å². The molecule has 0 saturated heterocycles. The molecular weight excluding hydrogens is 204 g/mol. The second kappa shape index (κ2) is 3.56. The van der Waals surface area contributed by atoms with Crippen LogP contribution in [0.25, 0.3) is 0 Å². The Morgan fingerprint density at radius 2 is 2.19 bits per heavy atom. The Hall–Kier alpha value is -1.42. The second-order valence-corrected chi connectivity index (χ2v) is 4.63. The summed E-state index contributed by atoms with van der Waals surface area (Å²) in [6, 6.07) is 3.52.